The van der Waals surface area contributed by atoms with Crippen LogP contribution in [0, 0.1) is 0 Å². The zero-order chi connectivity index (χ0) is 10.7. The van der Waals surface area contributed by atoms with Crippen LogP contribution in [-0.2, 0) is 0 Å². The quantitative estimate of drug-likeness (QED) is 0.837. The molecule has 0 saturated heterocycles. The van der Waals surface area contributed by atoms with Crippen LogP contribution in [0.15, 0.2) is 6.20 Å². The van der Waals surface area contributed by atoms with Gasteiger partial charge in [-0.3, -0.25) is 4.68 Å². The molecule has 0 aliphatic carbocycles. The molecule has 0 aromatic carbocycles. The fourth-order valence-corrected chi connectivity index (χ4v) is 1.86. The first-order chi connectivity index (χ1) is 6.57. The number of nitrogens with zero attached hydrogens (tertiary/aromatic N) is 2. The minimum Gasteiger partial charge on any atom is -0.309 e. The van der Waals surface area contributed by atoms with Crippen LogP contribution in [0.4, 0.5) is 0 Å². The lowest BCUT2D eigenvalue weighted by Crippen LogP contribution is -2.22. The summed E-state index contributed by atoms with van der Waals surface area (Å²) in [6.45, 7) is 9.32. The van der Waals surface area contributed by atoms with Crippen molar-refractivity contribution in [1.29, 1.82) is 0 Å². The molecule has 1 atom stereocenters. The van der Waals surface area contributed by atoms with Crippen molar-refractivity contribution in [1.82, 2.24) is 15.1 Å². The van der Waals surface area contributed by atoms with Gasteiger partial charge in [-0.05, 0) is 27.3 Å². The Bertz CT molecular complexity index is 294. The number of halogens is 1. The van der Waals surface area contributed by atoms with Crippen LogP contribution in [0.1, 0.15) is 45.5 Å². The molecule has 14 heavy (non-hydrogen) atoms. The maximum absolute atomic E-state index is 6.10. The predicted octanol–water partition coefficient (Wildman–Crippen LogP) is 2.79. The van der Waals surface area contributed by atoms with Crippen molar-refractivity contribution in [3.63, 3.8) is 0 Å². The van der Waals surface area contributed by atoms with Crippen LogP contribution in [0.5, 0.6) is 0 Å². The van der Waals surface area contributed by atoms with E-state index in [0.717, 1.165) is 17.3 Å². The second-order valence-corrected chi connectivity index (χ2v) is 4.10. The fourth-order valence-electron chi connectivity index (χ4n) is 1.57. The third-order valence-electron chi connectivity index (χ3n) is 2.20. The average Bonchev–Trinajstić information content (AvgIpc) is 2.47. The second kappa shape index (κ2) is 4.80. The molecule has 0 saturated carbocycles. The van der Waals surface area contributed by atoms with E-state index >= 15 is 0 Å². The number of nitrogens with one attached hydrogen (secondary N) is 1. The van der Waals surface area contributed by atoms with E-state index in [1.54, 1.807) is 6.20 Å². The highest BCUT2D eigenvalue weighted by Gasteiger charge is 2.16. The van der Waals surface area contributed by atoms with Gasteiger partial charge in [0.1, 0.15) is 0 Å². The lowest BCUT2D eigenvalue weighted by atomic mass is 10.2. The Hall–Kier alpha value is -0.540. The Labute approximate surface area is 90.4 Å². The van der Waals surface area contributed by atoms with Crippen LogP contribution >= 0.6 is 11.6 Å². The van der Waals surface area contributed by atoms with E-state index in [9.17, 15) is 0 Å². The first-order valence-electron chi connectivity index (χ1n) is 5.04. The van der Waals surface area contributed by atoms with Crippen molar-refractivity contribution in [2.75, 3.05) is 6.54 Å². The molecule has 0 aliphatic rings. The van der Waals surface area contributed by atoms with Gasteiger partial charge in [-0.1, -0.05) is 18.5 Å². The zero-order valence-corrected chi connectivity index (χ0v) is 9.97. The molecule has 1 N–H and O–H groups in total. The van der Waals surface area contributed by atoms with Crippen molar-refractivity contribution in [3.05, 3.63) is 16.9 Å². The summed E-state index contributed by atoms with van der Waals surface area (Å²) in [5.41, 5.74) is 1.07. The van der Waals surface area contributed by atoms with Gasteiger partial charge in [-0.2, -0.15) is 5.10 Å². The Morgan fingerprint density at radius 2 is 2.14 bits per heavy atom. The molecule has 4 heteroatoms. The first-order valence-corrected chi connectivity index (χ1v) is 5.42. The van der Waals surface area contributed by atoms with Gasteiger partial charge in [0.15, 0.2) is 0 Å². The molecule has 1 unspecified atom stereocenters. The normalized spacial score (nSPS) is 13.6. The van der Waals surface area contributed by atoms with Gasteiger partial charge >= 0.3 is 0 Å². The van der Waals surface area contributed by atoms with Crippen molar-refractivity contribution in [2.45, 2.75) is 39.8 Å². The summed E-state index contributed by atoms with van der Waals surface area (Å²) >= 11 is 6.10. The molecule has 0 spiro atoms. The van der Waals surface area contributed by atoms with Crippen LogP contribution in [-0.4, -0.2) is 16.3 Å². The van der Waals surface area contributed by atoms with E-state index in [2.05, 4.69) is 38.1 Å². The van der Waals surface area contributed by atoms with Gasteiger partial charge in [0.25, 0.3) is 0 Å². The SMILES string of the molecule is CCNC(C)c1c(Cl)cnn1C(C)C. The topological polar surface area (TPSA) is 29.9 Å². The molecule has 1 heterocycles. The second-order valence-electron chi connectivity index (χ2n) is 3.70. The monoisotopic (exact) mass is 215 g/mol. The number of rotatable bonds is 4. The summed E-state index contributed by atoms with van der Waals surface area (Å²) in [5.74, 6) is 0. The largest absolute Gasteiger partial charge is 0.309 e. The Kier molecular flexibility index (Phi) is 3.96. The molecular weight excluding hydrogens is 198 g/mol. The molecule has 1 aromatic rings. The third kappa shape index (κ3) is 2.28. The summed E-state index contributed by atoms with van der Waals surface area (Å²) in [4.78, 5) is 0. The molecule has 0 fully saturated rings. The molecule has 80 valence electrons. The maximum atomic E-state index is 6.10. The molecule has 1 aromatic heterocycles. The predicted molar refractivity (Wildman–Crippen MR) is 59.7 cm³/mol. The smallest absolute Gasteiger partial charge is 0.0834 e. The Morgan fingerprint density at radius 1 is 1.50 bits per heavy atom. The van der Waals surface area contributed by atoms with E-state index in [1.807, 2.05) is 4.68 Å². The van der Waals surface area contributed by atoms with Gasteiger partial charge in [-0.15, -0.1) is 0 Å². The number of hydrogen-bond donors (Lipinski definition) is 1. The van der Waals surface area contributed by atoms with Crippen LogP contribution in [0.3, 0.4) is 0 Å². The van der Waals surface area contributed by atoms with E-state index in [-0.39, 0.29) is 6.04 Å². The van der Waals surface area contributed by atoms with Gasteiger partial charge in [0.2, 0.25) is 0 Å². The van der Waals surface area contributed by atoms with E-state index < -0.39 is 0 Å². The fraction of sp³-hybridized carbons (Fsp3) is 0.700. The maximum Gasteiger partial charge on any atom is 0.0834 e. The molecule has 3 nitrogen and oxygen atoms in total. The summed E-state index contributed by atoms with van der Waals surface area (Å²) < 4.78 is 1.97. The van der Waals surface area contributed by atoms with E-state index in [4.69, 9.17) is 11.6 Å². The first kappa shape index (κ1) is 11.5. The van der Waals surface area contributed by atoms with E-state index in [1.165, 1.54) is 0 Å². The number of aromatic nitrogens is 2. The lowest BCUT2D eigenvalue weighted by Gasteiger charge is -2.17. The van der Waals surface area contributed by atoms with Gasteiger partial charge < -0.3 is 5.32 Å². The minimum atomic E-state index is 0.248. The molecular formula is C10H18ClN3. The van der Waals surface area contributed by atoms with E-state index in [0.29, 0.717) is 6.04 Å². The molecule has 0 aliphatic heterocycles. The third-order valence-corrected chi connectivity index (χ3v) is 2.49. The summed E-state index contributed by atoms with van der Waals surface area (Å²) in [5, 5.41) is 8.34. The summed E-state index contributed by atoms with van der Waals surface area (Å²) in [7, 11) is 0. The van der Waals surface area contributed by atoms with Crippen molar-refractivity contribution in [2.24, 2.45) is 0 Å². The zero-order valence-electron chi connectivity index (χ0n) is 9.21. The molecule has 0 bridgehead atoms. The highest BCUT2D eigenvalue weighted by molar-refractivity contribution is 6.31. The van der Waals surface area contributed by atoms with Crippen LogP contribution in [0.2, 0.25) is 5.02 Å². The highest BCUT2D eigenvalue weighted by atomic mass is 35.5. The van der Waals surface area contributed by atoms with Crippen molar-refractivity contribution in [3.8, 4) is 0 Å². The minimum absolute atomic E-state index is 0.248. The molecule has 1 rings (SSSR count). The summed E-state index contributed by atoms with van der Waals surface area (Å²) in [6.07, 6.45) is 1.71. The molecule has 0 amide bonds. The Morgan fingerprint density at radius 3 is 2.64 bits per heavy atom. The van der Waals surface area contributed by atoms with Crippen LogP contribution in [0.25, 0.3) is 0 Å². The number of hydrogen-bond acceptors (Lipinski definition) is 2. The summed E-state index contributed by atoms with van der Waals surface area (Å²) in [6, 6.07) is 0.594. The standard InChI is InChI=1S/C10H18ClN3/c1-5-12-8(4)10-9(11)6-13-14(10)7(2)3/h6-8,12H,5H2,1-4H3. The van der Waals surface area contributed by atoms with Gasteiger partial charge in [-0.25, -0.2) is 0 Å². The van der Waals surface area contributed by atoms with Crippen molar-refractivity contribution < 1.29 is 0 Å². The van der Waals surface area contributed by atoms with Crippen molar-refractivity contribution >= 4 is 11.6 Å². The van der Waals surface area contributed by atoms with Gasteiger partial charge in [0.05, 0.1) is 16.9 Å². The van der Waals surface area contributed by atoms with Crippen LogP contribution < -0.4 is 5.32 Å². The molecule has 0 radical (unpaired) electrons. The highest BCUT2D eigenvalue weighted by Crippen LogP contribution is 2.24. The van der Waals surface area contributed by atoms with Gasteiger partial charge in [0, 0.05) is 12.1 Å². The average molecular weight is 216 g/mol. The lowest BCUT2D eigenvalue weighted by molar-refractivity contribution is 0.465. The Balaban J connectivity index is 2.98.